The zero-order chi connectivity index (χ0) is 17.0. The van der Waals surface area contributed by atoms with Gasteiger partial charge in [0.1, 0.15) is 0 Å². The van der Waals surface area contributed by atoms with Crippen LogP contribution in [0.1, 0.15) is 71.1 Å². The first-order valence-corrected chi connectivity index (χ1v) is 10.7. The summed E-state index contributed by atoms with van der Waals surface area (Å²) in [6.45, 7) is 4.15. The van der Waals surface area contributed by atoms with E-state index in [9.17, 15) is 13.0 Å². The van der Waals surface area contributed by atoms with Gasteiger partial charge in [0.05, 0.1) is 16.7 Å². The summed E-state index contributed by atoms with van der Waals surface area (Å²) in [4.78, 5) is 1.23. The van der Waals surface area contributed by atoms with Crippen LogP contribution in [0.2, 0.25) is 0 Å². The summed E-state index contributed by atoms with van der Waals surface area (Å²) in [5, 5.41) is 0. The third-order valence-electron chi connectivity index (χ3n) is 4.19. The zero-order valence-electron chi connectivity index (χ0n) is 14.5. The van der Waals surface area contributed by atoms with Crippen LogP contribution in [0.5, 0.6) is 0 Å². The maximum absolute atomic E-state index is 10.5. The maximum atomic E-state index is 10.5. The Labute approximate surface area is 141 Å². The van der Waals surface area contributed by atoms with E-state index in [1.807, 2.05) is 0 Å². The standard InChI is InChI=1S/C17H32N2O3S/c1-2-3-4-5-6-7-8-9-12-18-14-15-19(17-18)13-10-11-16-23(20,21)22/h14-15,17H,2-13,16H2,1H3/p+1. The van der Waals surface area contributed by atoms with Gasteiger partial charge in [0.25, 0.3) is 0 Å². The molecule has 0 aliphatic carbocycles. The summed E-state index contributed by atoms with van der Waals surface area (Å²) in [7, 11) is -4.05. The highest BCUT2D eigenvalue weighted by atomic mass is 32.2. The van der Waals surface area contributed by atoms with E-state index < -0.39 is 10.1 Å². The molecule has 0 saturated carbocycles. The highest BCUT2D eigenvalue weighted by molar-refractivity contribution is 7.85. The predicted molar refractivity (Wildman–Crippen MR) is 92.6 cm³/mol. The molecule has 1 N–H and O–H groups in total. The smallest absolute Gasteiger partial charge is 0.335 e. The van der Waals surface area contributed by atoms with Crippen molar-refractivity contribution in [2.45, 2.75) is 71.1 Å². The number of rotatable bonds is 14. The fraction of sp³-hybridized carbons (Fsp3) is 0.824. The number of hydrogen-bond donors (Lipinski definition) is 1. The van der Waals surface area contributed by atoms with Gasteiger partial charge in [-0.2, -0.15) is 4.58 Å². The number of unbranched alkanes of at least 4 members (excludes halogenated alkanes) is 8. The minimum Gasteiger partial charge on any atom is -0.748 e. The molecule has 1 atom stereocenters. The Balaban J connectivity index is 2.01. The lowest BCUT2D eigenvalue weighted by Gasteiger charge is -2.06. The first kappa shape index (κ1) is 20.3. The van der Waals surface area contributed by atoms with Crippen LogP contribution >= 0.6 is 0 Å². The van der Waals surface area contributed by atoms with Crippen molar-refractivity contribution in [3.63, 3.8) is 0 Å². The van der Waals surface area contributed by atoms with Crippen molar-refractivity contribution in [2.24, 2.45) is 0 Å². The lowest BCUT2D eigenvalue weighted by molar-refractivity contribution is -0.750. The third-order valence-corrected chi connectivity index (χ3v) is 4.98. The lowest BCUT2D eigenvalue weighted by atomic mass is 10.1. The van der Waals surface area contributed by atoms with Gasteiger partial charge < -0.3 is 4.55 Å². The van der Waals surface area contributed by atoms with E-state index in [1.165, 1.54) is 56.3 Å². The van der Waals surface area contributed by atoms with E-state index in [0.29, 0.717) is 6.42 Å². The molecule has 1 rings (SSSR count). The van der Waals surface area contributed by atoms with E-state index >= 15 is 0 Å². The zero-order valence-corrected chi connectivity index (χ0v) is 15.3. The van der Waals surface area contributed by atoms with Crippen molar-refractivity contribution in [1.82, 2.24) is 0 Å². The van der Waals surface area contributed by atoms with Crippen molar-refractivity contribution in [2.75, 3.05) is 18.8 Å². The average molecular weight is 346 g/mol. The predicted octanol–water partition coefficient (Wildman–Crippen LogP) is 1.86. The van der Waals surface area contributed by atoms with Crippen molar-refractivity contribution in [3.8, 4) is 0 Å². The molecule has 5 nitrogen and oxygen atoms in total. The largest absolute Gasteiger partial charge is 0.748 e. The van der Waals surface area contributed by atoms with Crippen molar-refractivity contribution in [1.29, 1.82) is 0 Å². The summed E-state index contributed by atoms with van der Waals surface area (Å²) in [5.74, 6) is -0.244. The first-order chi connectivity index (χ1) is 11.0. The van der Waals surface area contributed by atoms with Crippen LogP contribution < -0.4 is 4.90 Å². The Kier molecular flexibility index (Phi) is 10.4. The fourth-order valence-electron chi connectivity index (χ4n) is 2.81. The molecule has 1 heterocycles. The van der Waals surface area contributed by atoms with Crippen LogP contribution in [0.15, 0.2) is 12.4 Å². The first-order valence-electron chi connectivity index (χ1n) is 9.09. The summed E-state index contributed by atoms with van der Waals surface area (Å²) in [6, 6.07) is 0. The van der Waals surface area contributed by atoms with E-state index in [1.54, 1.807) is 0 Å². The Morgan fingerprint density at radius 3 is 2.26 bits per heavy atom. The molecule has 1 unspecified atom stereocenters. The minimum atomic E-state index is -4.05. The molecule has 6 heteroatoms. The molecular weight excluding hydrogens is 312 g/mol. The summed E-state index contributed by atoms with van der Waals surface area (Å²) in [5.41, 5.74) is 0. The number of nitrogens with zero attached hydrogens (tertiary/aromatic N) is 1. The quantitative estimate of drug-likeness (QED) is 0.297. The van der Waals surface area contributed by atoms with Crippen molar-refractivity contribution in [3.05, 3.63) is 12.4 Å². The second-order valence-electron chi connectivity index (χ2n) is 6.45. The highest BCUT2D eigenvalue weighted by Gasteiger charge is 2.16. The SMILES string of the molecule is CCCCCCCCCC[N+]1=C[NH+](CCCCS(=O)(=O)[O-])C=C1. The molecule has 0 spiro atoms. The molecule has 1 aliphatic heterocycles. The molecule has 0 saturated heterocycles. The van der Waals surface area contributed by atoms with E-state index in [0.717, 1.165) is 19.5 Å². The second-order valence-corrected chi connectivity index (χ2v) is 7.97. The topological polar surface area (TPSA) is 64.7 Å². The molecule has 0 fully saturated rings. The van der Waals surface area contributed by atoms with Gasteiger partial charge in [-0.25, -0.2) is 13.3 Å². The van der Waals surface area contributed by atoms with Crippen LogP contribution in [0.25, 0.3) is 0 Å². The summed E-state index contributed by atoms with van der Waals surface area (Å²) < 4.78 is 33.8. The summed E-state index contributed by atoms with van der Waals surface area (Å²) in [6.07, 6.45) is 18.2. The van der Waals surface area contributed by atoms with Crippen LogP contribution in [0.4, 0.5) is 0 Å². The Morgan fingerprint density at radius 2 is 1.61 bits per heavy atom. The van der Waals surface area contributed by atoms with E-state index in [4.69, 9.17) is 0 Å². The molecule has 0 aromatic carbocycles. The van der Waals surface area contributed by atoms with Crippen LogP contribution in [0.3, 0.4) is 0 Å². The van der Waals surface area contributed by atoms with Gasteiger partial charge in [-0.15, -0.1) is 0 Å². The third kappa shape index (κ3) is 11.5. The highest BCUT2D eigenvalue weighted by Crippen LogP contribution is 2.08. The molecule has 23 heavy (non-hydrogen) atoms. The second kappa shape index (κ2) is 11.8. The maximum Gasteiger partial charge on any atom is 0.335 e. The normalized spacial score (nSPS) is 17.7. The number of nitrogens with one attached hydrogen (secondary N) is 1. The van der Waals surface area contributed by atoms with Gasteiger partial charge in [0.15, 0.2) is 12.7 Å². The van der Waals surface area contributed by atoms with Crippen LogP contribution in [-0.4, -0.2) is 42.7 Å². The van der Waals surface area contributed by atoms with Gasteiger partial charge in [-0.3, -0.25) is 0 Å². The number of quaternary nitrogens is 1. The van der Waals surface area contributed by atoms with Gasteiger partial charge in [-0.1, -0.05) is 45.4 Å². The van der Waals surface area contributed by atoms with Crippen molar-refractivity contribution >= 4 is 16.5 Å². The molecule has 134 valence electrons. The molecule has 0 amide bonds. The van der Waals surface area contributed by atoms with Gasteiger partial charge in [-0.05, 0) is 19.3 Å². The molecule has 0 aromatic rings. The number of hydrogen-bond acceptors (Lipinski definition) is 3. The Morgan fingerprint density at radius 1 is 0.957 bits per heavy atom. The van der Waals surface area contributed by atoms with Crippen molar-refractivity contribution < 1.29 is 22.4 Å². The lowest BCUT2D eigenvalue weighted by Crippen LogP contribution is -3.06. The van der Waals surface area contributed by atoms with E-state index in [-0.39, 0.29) is 5.75 Å². The average Bonchev–Trinajstić information content (AvgIpc) is 2.93. The minimum absolute atomic E-state index is 0.244. The molecule has 0 bridgehead atoms. The van der Waals surface area contributed by atoms with Gasteiger partial charge in [0, 0.05) is 12.2 Å². The van der Waals surface area contributed by atoms with Gasteiger partial charge in [0.2, 0.25) is 6.20 Å². The summed E-state index contributed by atoms with van der Waals surface area (Å²) >= 11 is 0. The van der Waals surface area contributed by atoms with Crippen LogP contribution in [-0.2, 0) is 10.1 Å². The molecule has 0 radical (unpaired) electrons. The monoisotopic (exact) mass is 345 g/mol. The van der Waals surface area contributed by atoms with E-state index in [2.05, 4.69) is 30.2 Å². The van der Waals surface area contributed by atoms with Gasteiger partial charge >= 0.3 is 6.34 Å². The molecule has 1 aliphatic rings. The Hall–Kier alpha value is -0.720. The van der Waals surface area contributed by atoms with Crippen LogP contribution in [0, 0.1) is 0 Å². The fourth-order valence-corrected chi connectivity index (χ4v) is 3.37. The molecule has 0 aromatic heterocycles. The Bertz CT molecular complexity index is 472. The molecular formula is C17H33N2O3S+.